The molecule has 29 heavy (non-hydrogen) atoms. The fraction of sp³-hybridized carbons (Fsp3) is 0.471. The van der Waals surface area contributed by atoms with Gasteiger partial charge in [-0.25, -0.2) is 4.68 Å². The van der Waals surface area contributed by atoms with E-state index in [4.69, 9.17) is 16.3 Å². The maximum Gasteiger partial charge on any atom is 0.436 e. The number of carbonyl (C=O) groups is 1. The lowest BCUT2D eigenvalue weighted by Crippen LogP contribution is -2.49. The van der Waals surface area contributed by atoms with Crippen LogP contribution >= 0.6 is 27.5 Å². The highest BCUT2D eigenvalue weighted by molar-refractivity contribution is 9.10. The van der Waals surface area contributed by atoms with Crippen LogP contribution in [0.25, 0.3) is 0 Å². The number of ether oxygens (including phenoxy) is 1. The van der Waals surface area contributed by atoms with Crippen LogP contribution in [-0.4, -0.2) is 59.2 Å². The van der Waals surface area contributed by atoms with Crippen molar-refractivity contribution in [1.82, 2.24) is 19.7 Å². The molecule has 1 unspecified atom stereocenters. The fourth-order valence-electron chi connectivity index (χ4n) is 3.18. The van der Waals surface area contributed by atoms with Crippen molar-refractivity contribution in [3.8, 4) is 5.88 Å². The molecule has 0 radical (unpaired) electrons. The number of pyridine rings is 1. The third kappa shape index (κ3) is 4.36. The van der Waals surface area contributed by atoms with E-state index in [0.29, 0.717) is 44.2 Å². The highest BCUT2D eigenvalue weighted by Gasteiger charge is 2.39. The van der Waals surface area contributed by atoms with Crippen LogP contribution in [0.5, 0.6) is 5.88 Å². The first-order valence-corrected chi connectivity index (χ1v) is 9.81. The first kappa shape index (κ1) is 21.8. The first-order chi connectivity index (χ1) is 13.7. The molecule has 7 nitrogen and oxygen atoms in total. The van der Waals surface area contributed by atoms with Crippen LogP contribution in [0.4, 0.5) is 19.0 Å². The average Bonchev–Trinajstić information content (AvgIpc) is 2.99. The van der Waals surface area contributed by atoms with Crippen molar-refractivity contribution < 1.29 is 22.7 Å². The Balaban J connectivity index is 1.77. The molecule has 158 valence electrons. The molecular formula is C17H18BrClF3N5O2. The zero-order valence-electron chi connectivity index (χ0n) is 15.6. The zero-order valence-corrected chi connectivity index (χ0v) is 17.9. The monoisotopic (exact) mass is 495 g/mol. The smallest absolute Gasteiger partial charge is 0.436 e. The van der Waals surface area contributed by atoms with Gasteiger partial charge in [0.05, 0.1) is 22.3 Å². The number of anilines is 1. The number of hydrogen-bond acceptors (Lipinski definition) is 6. The largest absolute Gasteiger partial charge is 0.480 e. The van der Waals surface area contributed by atoms with Gasteiger partial charge in [0.2, 0.25) is 5.88 Å². The normalized spacial score (nSPS) is 16.7. The molecule has 0 bridgehead atoms. The molecule has 3 rings (SSSR count). The Kier molecular flexibility index (Phi) is 6.39. The number of aldehydes is 1. The number of piperazine rings is 1. The summed E-state index contributed by atoms with van der Waals surface area (Å²) in [6.07, 6.45) is -5.09. The van der Waals surface area contributed by atoms with E-state index in [1.165, 1.54) is 14.0 Å². The molecule has 1 saturated heterocycles. The van der Waals surface area contributed by atoms with E-state index >= 15 is 0 Å². The quantitative estimate of drug-likeness (QED) is 0.590. The second-order valence-electron chi connectivity index (χ2n) is 6.42. The summed E-state index contributed by atoms with van der Waals surface area (Å²) < 4.78 is 46.2. The van der Waals surface area contributed by atoms with Crippen LogP contribution in [0.15, 0.2) is 16.6 Å². The van der Waals surface area contributed by atoms with E-state index < -0.39 is 23.1 Å². The molecule has 0 N–H and O–H groups in total. The first-order valence-electron chi connectivity index (χ1n) is 8.64. The number of rotatable bonds is 5. The van der Waals surface area contributed by atoms with E-state index in [9.17, 15) is 18.0 Å². The highest BCUT2D eigenvalue weighted by Crippen LogP contribution is 2.36. The Morgan fingerprint density at radius 2 is 1.93 bits per heavy atom. The molecule has 1 aliphatic rings. The molecule has 1 atom stereocenters. The number of alkyl halides is 3. The van der Waals surface area contributed by atoms with Gasteiger partial charge in [-0.1, -0.05) is 11.6 Å². The van der Waals surface area contributed by atoms with E-state index in [-0.39, 0.29) is 5.69 Å². The molecule has 2 aromatic rings. The Morgan fingerprint density at radius 1 is 1.28 bits per heavy atom. The van der Waals surface area contributed by atoms with Gasteiger partial charge in [-0.05, 0) is 35.0 Å². The van der Waals surface area contributed by atoms with Crippen LogP contribution < -0.4 is 9.64 Å². The van der Waals surface area contributed by atoms with Crippen molar-refractivity contribution in [3.63, 3.8) is 0 Å². The Morgan fingerprint density at radius 3 is 2.45 bits per heavy atom. The summed E-state index contributed by atoms with van der Waals surface area (Å²) in [7, 11) is 1.52. The molecule has 0 saturated carbocycles. The maximum atomic E-state index is 13.1. The lowest BCUT2D eigenvalue weighted by molar-refractivity contribution is -0.142. The minimum absolute atomic E-state index is 0.0952. The van der Waals surface area contributed by atoms with Gasteiger partial charge in [0, 0.05) is 26.2 Å². The fourth-order valence-corrected chi connectivity index (χ4v) is 3.80. The molecular weight excluding hydrogens is 479 g/mol. The average molecular weight is 497 g/mol. The van der Waals surface area contributed by atoms with Gasteiger partial charge < -0.3 is 9.64 Å². The van der Waals surface area contributed by atoms with Crippen LogP contribution in [0.1, 0.15) is 17.6 Å². The zero-order chi connectivity index (χ0) is 21.3. The number of methoxy groups -OCH3 is 1. The van der Waals surface area contributed by atoms with Crippen molar-refractivity contribution in [2.45, 2.75) is 19.3 Å². The van der Waals surface area contributed by atoms with Crippen molar-refractivity contribution >= 4 is 39.6 Å². The van der Waals surface area contributed by atoms with Gasteiger partial charge in [-0.15, -0.1) is 0 Å². The van der Waals surface area contributed by atoms with Gasteiger partial charge >= 0.3 is 6.18 Å². The topological polar surface area (TPSA) is 63.5 Å². The summed E-state index contributed by atoms with van der Waals surface area (Å²) in [5.74, 6) is 1.17. The third-order valence-corrected chi connectivity index (χ3v) is 5.78. The molecule has 3 heterocycles. The van der Waals surface area contributed by atoms with Crippen LogP contribution in [0.2, 0.25) is 5.02 Å². The number of aromatic nitrogens is 3. The second-order valence-corrected chi connectivity index (χ2v) is 7.66. The maximum absolute atomic E-state index is 13.1. The number of hydrogen-bond donors (Lipinski definition) is 0. The van der Waals surface area contributed by atoms with E-state index in [0.717, 1.165) is 9.15 Å². The Labute approximate surface area is 178 Å². The van der Waals surface area contributed by atoms with Gasteiger partial charge in [-0.2, -0.15) is 23.3 Å². The molecule has 2 aromatic heterocycles. The summed E-state index contributed by atoms with van der Waals surface area (Å²) in [6, 6.07) is 3.67. The summed E-state index contributed by atoms with van der Waals surface area (Å²) in [6.45, 7) is 3.34. The summed E-state index contributed by atoms with van der Waals surface area (Å²) >= 11 is 9.17. The minimum atomic E-state index is -4.69. The number of carbonyl (C=O) groups excluding carboxylic acids is 1. The van der Waals surface area contributed by atoms with Crippen LogP contribution in [0.3, 0.4) is 0 Å². The standard InChI is InChI=1S/C17H18BrClF3N5O2/c1-10-14(19)15(17(20,21)22)24-27(10)13(9-28)26-7-5-25(6-8-26)12-4-3-11(18)16(23-12)29-2/h3-4,9,13H,5-8H2,1-2H3. The van der Waals surface area contributed by atoms with Crippen molar-refractivity contribution in [2.75, 3.05) is 38.2 Å². The Bertz CT molecular complexity index is 900. The van der Waals surface area contributed by atoms with Gasteiger partial charge in [0.1, 0.15) is 5.82 Å². The van der Waals surface area contributed by atoms with Crippen LogP contribution in [0, 0.1) is 6.92 Å². The molecule has 1 aliphatic heterocycles. The molecule has 1 fully saturated rings. The van der Waals surface area contributed by atoms with Gasteiger partial charge in [0.25, 0.3) is 0 Å². The lowest BCUT2D eigenvalue weighted by Gasteiger charge is -2.38. The summed E-state index contributed by atoms with van der Waals surface area (Å²) in [4.78, 5) is 19.9. The third-order valence-electron chi connectivity index (χ3n) is 4.72. The highest BCUT2D eigenvalue weighted by atomic mass is 79.9. The summed E-state index contributed by atoms with van der Waals surface area (Å²) in [5, 5.41) is 3.08. The second kappa shape index (κ2) is 8.49. The predicted molar refractivity (Wildman–Crippen MR) is 104 cm³/mol. The van der Waals surface area contributed by atoms with E-state index in [2.05, 4.69) is 26.0 Å². The molecule has 0 aliphatic carbocycles. The lowest BCUT2D eigenvalue weighted by atomic mass is 10.2. The van der Waals surface area contributed by atoms with Gasteiger partial charge in [0.15, 0.2) is 18.1 Å². The van der Waals surface area contributed by atoms with Crippen LogP contribution in [-0.2, 0) is 11.0 Å². The van der Waals surface area contributed by atoms with Crippen molar-refractivity contribution in [1.29, 1.82) is 0 Å². The minimum Gasteiger partial charge on any atom is -0.480 e. The van der Waals surface area contributed by atoms with Gasteiger partial charge in [-0.3, -0.25) is 9.69 Å². The van der Waals surface area contributed by atoms with Crippen molar-refractivity contribution in [3.05, 3.63) is 33.0 Å². The molecule has 0 aromatic carbocycles. The Hall–Kier alpha value is -1.85. The van der Waals surface area contributed by atoms with E-state index in [1.807, 2.05) is 17.0 Å². The number of nitrogens with zero attached hydrogens (tertiary/aromatic N) is 5. The van der Waals surface area contributed by atoms with E-state index in [1.54, 1.807) is 4.90 Å². The number of halogens is 5. The molecule has 0 spiro atoms. The summed E-state index contributed by atoms with van der Waals surface area (Å²) in [5.41, 5.74) is -1.09. The molecule has 0 amide bonds. The predicted octanol–water partition coefficient (Wildman–Crippen LogP) is 3.55. The molecule has 12 heteroatoms. The van der Waals surface area contributed by atoms with Crippen molar-refractivity contribution in [2.24, 2.45) is 0 Å². The SMILES string of the molecule is COc1nc(N2CCN(C(C=O)n3nc(C(F)(F)F)c(Cl)c3C)CC2)ccc1Br.